The van der Waals surface area contributed by atoms with Gasteiger partial charge in [-0.05, 0) is 60.6 Å². The average Bonchev–Trinajstić information content (AvgIpc) is 3.52. The van der Waals surface area contributed by atoms with Gasteiger partial charge in [-0.3, -0.25) is 9.59 Å². The summed E-state index contributed by atoms with van der Waals surface area (Å²) in [5, 5.41) is 11.4. The highest BCUT2D eigenvalue weighted by atomic mass is 16.5. The first kappa shape index (κ1) is 28.9. The Balaban J connectivity index is 0.00000195. The summed E-state index contributed by atoms with van der Waals surface area (Å²) in [6.07, 6.45) is 8.87. The number of hydrogen-bond donors (Lipinski definition) is 1. The van der Waals surface area contributed by atoms with Crippen molar-refractivity contribution in [3.05, 3.63) is 71.0 Å². The van der Waals surface area contributed by atoms with Gasteiger partial charge in [0, 0.05) is 38.2 Å². The monoisotopic (exact) mass is 519 g/mol. The molecule has 0 fully saturated rings. The first-order valence-electron chi connectivity index (χ1n) is 13.5. The van der Waals surface area contributed by atoms with Crippen molar-refractivity contribution in [1.82, 2.24) is 25.0 Å². The van der Waals surface area contributed by atoms with E-state index < -0.39 is 0 Å². The zero-order valence-electron chi connectivity index (χ0n) is 23.6. The van der Waals surface area contributed by atoms with Crippen LogP contribution in [-0.4, -0.2) is 45.1 Å². The Hall–Kier alpha value is -3.68. The molecule has 0 atom stereocenters. The van der Waals surface area contributed by atoms with Gasteiger partial charge in [0.1, 0.15) is 11.6 Å². The molecule has 1 aromatic heterocycles. The van der Waals surface area contributed by atoms with Crippen LogP contribution in [0, 0.1) is 5.92 Å². The van der Waals surface area contributed by atoms with Gasteiger partial charge in [0.25, 0.3) is 5.91 Å². The minimum absolute atomic E-state index is 0.149. The first-order chi connectivity index (χ1) is 18.3. The van der Waals surface area contributed by atoms with E-state index in [1.54, 1.807) is 13.2 Å². The van der Waals surface area contributed by atoms with E-state index in [0.717, 1.165) is 54.2 Å². The Morgan fingerprint density at radius 1 is 1.16 bits per heavy atom. The fourth-order valence-corrected chi connectivity index (χ4v) is 4.70. The van der Waals surface area contributed by atoms with Crippen LogP contribution in [0.25, 0.3) is 5.57 Å². The average molecular weight is 520 g/mol. The molecule has 2 aromatic rings. The Morgan fingerprint density at radius 3 is 2.63 bits per heavy atom. The fraction of sp³-hybridized carbons (Fsp3) is 0.467. The SMILES string of the molecule is C=C(/C=C\C=C(/C)c1nnc2n1CCC2)NC(=O)c1cc2c(cc1OC)CCN(C(=O)CC(C)C)C2.CC. The third kappa shape index (κ3) is 6.79. The predicted molar refractivity (Wildman–Crippen MR) is 151 cm³/mol. The van der Waals surface area contributed by atoms with Gasteiger partial charge in [-0.15, -0.1) is 10.2 Å². The van der Waals surface area contributed by atoms with E-state index in [1.165, 1.54) is 0 Å². The number of fused-ring (bicyclic) bond motifs is 2. The van der Waals surface area contributed by atoms with Gasteiger partial charge in [-0.1, -0.05) is 46.4 Å². The predicted octanol–water partition coefficient (Wildman–Crippen LogP) is 5.09. The molecule has 3 heterocycles. The van der Waals surface area contributed by atoms with Crippen molar-refractivity contribution in [3.63, 3.8) is 0 Å². The summed E-state index contributed by atoms with van der Waals surface area (Å²) in [5.74, 6) is 2.58. The van der Waals surface area contributed by atoms with Crippen molar-refractivity contribution >= 4 is 17.4 Å². The van der Waals surface area contributed by atoms with Gasteiger partial charge in [0.15, 0.2) is 5.82 Å². The Bertz CT molecular complexity index is 1240. The number of hydrogen-bond acceptors (Lipinski definition) is 5. The lowest BCUT2D eigenvalue weighted by atomic mass is 9.95. The lowest BCUT2D eigenvalue weighted by molar-refractivity contribution is -0.132. The topological polar surface area (TPSA) is 89.3 Å². The van der Waals surface area contributed by atoms with Gasteiger partial charge in [-0.2, -0.15) is 0 Å². The number of carbonyl (C=O) groups is 2. The molecular formula is C30H41N5O3. The molecule has 0 bridgehead atoms. The number of amides is 2. The lowest BCUT2D eigenvalue weighted by Gasteiger charge is -2.30. The van der Waals surface area contributed by atoms with Crippen molar-refractivity contribution in [3.8, 4) is 5.75 Å². The summed E-state index contributed by atoms with van der Waals surface area (Å²) < 4.78 is 7.67. The first-order valence-corrected chi connectivity index (χ1v) is 13.5. The molecule has 0 unspecified atom stereocenters. The molecule has 1 aromatic carbocycles. The Labute approximate surface area is 226 Å². The Morgan fingerprint density at radius 2 is 1.92 bits per heavy atom. The van der Waals surface area contributed by atoms with Crippen molar-refractivity contribution in [1.29, 1.82) is 0 Å². The van der Waals surface area contributed by atoms with E-state index in [-0.39, 0.29) is 11.8 Å². The summed E-state index contributed by atoms with van der Waals surface area (Å²) in [4.78, 5) is 27.5. The summed E-state index contributed by atoms with van der Waals surface area (Å²) in [6.45, 7) is 16.2. The van der Waals surface area contributed by atoms with Crippen molar-refractivity contribution < 1.29 is 14.3 Å². The Kier molecular flexibility index (Phi) is 10.0. The smallest absolute Gasteiger partial charge is 0.259 e. The van der Waals surface area contributed by atoms with Crippen molar-refractivity contribution in [2.24, 2.45) is 5.92 Å². The van der Waals surface area contributed by atoms with Crippen LogP contribution in [0.1, 0.15) is 80.6 Å². The molecule has 2 aliphatic heterocycles. The molecule has 8 nitrogen and oxygen atoms in total. The van der Waals surface area contributed by atoms with Gasteiger partial charge in [0.05, 0.1) is 12.7 Å². The number of nitrogens with zero attached hydrogens (tertiary/aromatic N) is 4. The quantitative estimate of drug-likeness (QED) is 0.491. The minimum atomic E-state index is -0.300. The number of nitrogens with one attached hydrogen (secondary N) is 1. The van der Waals surface area contributed by atoms with Gasteiger partial charge in [-0.25, -0.2) is 0 Å². The molecule has 0 radical (unpaired) electrons. The van der Waals surface area contributed by atoms with E-state index >= 15 is 0 Å². The number of methoxy groups -OCH3 is 1. The molecule has 0 spiro atoms. The molecule has 2 amide bonds. The number of rotatable bonds is 8. The largest absolute Gasteiger partial charge is 0.496 e. The summed E-state index contributed by atoms with van der Waals surface area (Å²) in [6, 6.07) is 3.75. The van der Waals surface area contributed by atoms with Crippen molar-refractivity contribution in [2.45, 2.75) is 73.4 Å². The molecule has 2 aliphatic rings. The van der Waals surface area contributed by atoms with Gasteiger partial charge < -0.3 is 19.5 Å². The van der Waals surface area contributed by atoms with Crippen molar-refractivity contribution in [2.75, 3.05) is 13.7 Å². The molecule has 1 N–H and O–H groups in total. The van der Waals surface area contributed by atoms with E-state index in [1.807, 2.05) is 63.8 Å². The van der Waals surface area contributed by atoms with Crippen LogP contribution < -0.4 is 10.1 Å². The second-order valence-electron chi connectivity index (χ2n) is 9.87. The van der Waals surface area contributed by atoms with E-state index in [4.69, 9.17) is 4.74 Å². The molecule has 8 heteroatoms. The van der Waals surface area contributed by atoms with Crippen LogP contribution in [0.4, 0.5) is 0 Å². The van der Waals surface area contributed by atoms with Crippen LogP contribution in [0.15, 0.2) is 42.6 Å². The van der Waals surface area contributed by atoms with E-state index in [0.29, 0.717) is 42.4 Å². The normalized spacial score (nSPS) is 14.6. The van der Waals surface area contributed by atoms with Gasteiger partial charge in [0.2, 0.25) is 5.91 Å². The molecule has 0 aliphatic carbocycles. The van der Waals surface area contributed by atoms with E-state index in [2.05, 4.69) is 26.7 Å². The third-order valence-electron chi connectivity index (χ3n) is 6.59. The van der Waals surface area contributed by atoms with Gasteiger partial charge >= 0.3 is 0 Å². The molecule has 4 rings (SSSR count). The highest BCUT2D eigenvalue weighted by Gasteiger charge is 2.24. The molecule has 0 saturated heterocycles. The highest BCUT2D eigenvalue weighted by Crippen LogP contribution is 2.29. The second kappa shape index (κ2) is 13.2. The lowest BCUT2D eigenvalue weighted by Crippen LogP contribution is -2.36. The maximum absolute atomic E-state index is 13.1. The number of aryl methyl sites for hydroxylation is 1. The van der Waals surface area contributed by atoms with Crippen LogP contribution in [-0.2, 0) is 30.7 Å². The van der Waals surface area contributed by atoms with Crippen LogP contribution in [0.5, 0.6) is 5.75 Å². The zero-order valence-corrected chi connectivity index (χ0v) is 23.6. The van der Waals surface area contributed by atoms with E-state index in [9.17, 15) is 9.59 Å². The minimum Gasteiger partial charge on any atom is -0.496 e. The van der Waals surface area contributed by atoms with Crippen LogP contribution in [0.2, 0.25) is 0 Å². The maximum atomic E-state index is 13.1. The third-order valence-corrected chi connectivity index (χ3v) is 6.59. The molecular weight excluding hydrogens is 478 g/mol. The number of allylic oxidation sites excluding steroid dienone is 4. The standard InChI is InChI=1S/C28H35N5O3.C2H6/c1-18(2)14-26(34)32-13-11-21-16-24(36-5)23(15-22(21)17-32)28(35)29-20(4)9-6-8-19(3)27-31-30-25-10-7-12-33(25)27;1-2/h6,8-9,15-16,18H,4,7,10-14,17H2,1-3,5H3,(H,29,35);1-2H3/b9-6-,19-8+;. The fourth-order valence-electron chi connectivity index (χ4n) is 4.70. The number of benzene rings is 1. The zero-order chi connectivity index (χ0) is 27.8. The van der Waals surface area contributed by atoms with Crippen LogP contribution in [0.3, 0.4) is 0 Å². The molecule has 38 heavy (non-hydrogen) atoms. The number of aromatic nitrogens is 3. The molecule has 204 valence electrons. The number of ether oxygens (including phenoxy) is 1. The number of carbonyl (C=O) groups excluding carboxylic acids is 2. The second-order valence-corrected chi connectivity index (χ2v) is 9.87. The summed E-state index contributed by atoms with van der Waals surface area (Å²) >= 11 is 0. The molecule has 0 saturated carbocycles. The van der Waals surface area contributed by atoms with Crippen LogP contribution >= 0.6 is 0 Å². The highest BCUT2D eigenvalue weighted by molar-refractivity contribution is 5.98. The summed E-state index contributed by atoms with van der Waals surface area (Å²) in [5.41, 5.74) is 3.97. The summed E-state index contributed by atoms with van der Waals surface area (Å²) in [7, 11) is 1.56. The maximum Gasteiger partial charge on any atom is 0.259 e.